The van der Waals surface area contributed by atoms with Crippen LogP contribution in [0, 0.1) is 0 Å². The van der Waals surface area contributed by atoms with Gasteiger partial charge in [0, 0.05) is 16.5 Å². The SMILES string of the molecule is CCCc1cccc(C(O)Cc2c(Cl)cccc2Cl)c1. The van der Waals surface area contributed by atoms with Crippen LogP contribution in [0.25, 0.3) is 0 Å². The number of benzene rings is 2. The Morgan fingerprint density at radius 2 is 1.70 bits per heavy atom. The Kier molecular flexibility index (Phi) is 5.47. The van der Waals surface area contributed by atoms with Crippen molar-refractivity contribution in [2.24, 2.45) is 0 Å². The summed E-state index contributed by atoms with van der Waals surface area (Å²) in [6, 6.07) is 13.5. The molecule has 0 bridgehead atoms. The quantitative estimate of drug-likeness (QED) is 0.802. The minimum atomic E-state index is -0.593. The Balaban J connectivity index is 2.19. The van der Waals surface area contributed by atoms with Crippen LogP contribution >= 0.6 is 23.2 Å². The normalized spacial score (nSPS) is 12.4. The fraction of sp³-hybridized carbons (Fsp3) is 0.294. The summed E-state index contributed by atoms with van der Waals surface area (Å²) in [4.78, 5) is 0. The molecule has 0 heterocycles. The van der Waals surface area contributed by atoms with Crippen LogP contribution in [0.15, 0.2) is 42.5 Å². The summed E-state index contributed by atoms with van der Waals surface area (Å²) in [6.45, 7) is 2.15. The van der Waals surface area contributed by atoms with Gasteiger partial charge in [0.25, 0.3) is 0 Å². The van der Waals surface area contributed by atoms with Gasteiger partial charge >= 0.3 is 0 Å². The summed E-state index contributed by atoms with van der Waals surface area (Å²) in [5.74, 6) is 0. The van der Waals surface area contributed by atoms with Crippen molar-refractivity contribution >= 4 is 23.2 Å². The van der Waals surface area contributed by atoms with Crippen LogP contribution in [-0.4, -0.2) is 5.11 Å². The van der Waals surface area contributed by atoms with Crippen molar-refractivity contribution in [3.05, 3.63) is 69.2 Å². The van der Waals surface area contributed by atoms with Crippen molar-refractivity contribution in [1.82, 2.24) is 0 Å². The molecular weight excluding hydrogens is 291 g/mol. The predicted molar refractivity (Wildman–Crippen MR) is 85.6 cm³/mol. The average molecular weight is 309 g/mol. The molecule has 0 aliphatic heterocycles. The lowest BCUT2D eigenvalue weighted by molar-refractivity contribution is 0.178. The third-order valence-corrected chi connectivity index (χ3v) is 4.04. The van der Waals surface area contributed by atoms with Gasteiger partial charge in [-0.3, -0.25) is 0 Å². The molecule has 2 rings (SSSR count). The molecule has 0 spiro atoms. The minimum absolute atomic E-state index is 0.425. The molecule has 2 aromatic carbocycles. The zero-order valence-electron chi connectivity index (χ0n) is 11.4. The lowest BCUT2D eigenvalue weighted by Gasteiger charge is -2.14. The molecule has 0 aromatic heterocycles. The molecule has 2 aromatic rings. The van der Waals surface area contributed by atoms with E-state index in [0.29, 0.717) is 16.5 Å². The van der Waals surface area contributed by atoms with Crippen LogP contribution in [0.5, 0.6) is 0 Å². The van der Waals surface area contributed by atoms with Gasteiger partial charge in [-0.1, -0.05) is 66.9 Å². The molecule has 1 nitrogen and oxygen atoms in total. The first kappa shape index (κ1) is 15.4. The van der Waals surface area contributed by atoms with E-state index in [4.69, 9.17) is 23.2 Å². The Labute approximate surface area is 130 Å². The number of halogens is 2. The van der Waals surface area contributed by atoms with E-state index in [0.717, 1.165) is 24.0 Å². The summed E-state index contributed by atoms with van der Waals surface area (Å²) < 4.78 is 0. The number of hydrogen-bond donors (Lipinski definition) is 1. The molecule has 1 unspecified atom stereocenters. The fourth-order valence-corrected chi connectivity index (χ4v) is 2.83. The maximum Gasteiger partial charge on any atom is 0.0831 e. The molecule has 1 atom stereocenters. The van der Waals surface area contributed by atoms with E-state index in [1.165, 1.54) is 5.56 Å². The second-order valence-corrected chi connectivity index (χ2v) is 5.73. The topological polar surface area (TPSA) is 20.2 Å². The molecule has 3 heteroatoms. The van der Waals surface area contributed by atoms with Gasteiger partial charge in [0.1, 0.15) is 0 Å². The van der Waals surface area contributed by atoms with Crippen LogP contribution in [0.4, 0.5) is 0 Å². The zero-order valence-corrected chi connectivity index (χ0v) is 13.0. The van der Waals surface area contributed by atoms with Crippen LogP contribution in [0.1, 0.15) is 36.1 Å². The summed E-state index contributed by atoms with van der Waals surface area (Å²) in [5.41, 5.74) is 2.95. The summed E-state index contributed by atoms with van der Waals surface area (Å²) in [6.07, 6.45) is 1.95. The third kappa shape index (κ3) is 3.76. The number of rotatable bonds is 5. The fourth-order valence-electron chi connectivity index (χ4n) is 2.28. The summed E-state index contributed by atoms with van der Waals surface area (Å²) in [7, 11) is 0. The monoisotopic (exact) mass is 308 g/mol. The highest BCUT2D eigenvalue weighted by Crippen LogP contribution is 2.29. The number of aliphatic hydroxyl groups excluding tert-OH is 1. The van der Waals surface area contributed by atoms with Crippen LogP contribution in [0.3, 0.4) is 0 Å². The second-order valence-electron chi connectivity index (χ2n) is 4.92. The molecule has 0 amide bonds. The number of aliphatic hydroxyl groups is 1. The van der Waals surface area contributed by atoms with Crippen LogP contribution < -0.4 is 0 Å². The van der Waals surface area contributed by atoms with E-state index in [9.17, 15) is 5.11 Å². The summed E-state index contributed by atoms with van der Waals surface area (Å²) >= 11 is 12.3. The lowest BCUT2D eigenvalue weighted by Crippen LogP contribution is -2.03. The van der Waals surface area contributed by atoms with Gasteiger partial charge in [0.05, 0.1) is 6.10 Å². The predicted octanol–water partition coefficient (Wildman–Crippen LogP) is 5.22. The van der Waals surface area contributed by atoms with Gasteiger partial charge in [0.2, 0.25) is 0 Å². The van der Waals surface area contributed by atoms with Gasteiger partial charge in [-0.2, -0.15) is 0 Å². The van der Waals surface area contributed by atoms with Crippen LogP contribution in [0.2, 0.25) is 10.0 Å². The van der Waals surface area contributed by atoms with Crippen molar-refractivity contribution in [3.8, 4) is 0 Å². The van der Waals surface area contributed by atoms with Gasteiger partial charge in [-0.05, 0) is 35.2 Å². The molecular formula is C17H18Cl2O. The Morgan fingerprint density at radius 3 is 2.35 bits per heavy atom. The van der Waals surface area contributed by atoms with Crippen molar-refractivity contribution in [1.29, 1.82) is 0 Å². The van der Waals surface area contributed by atoms with Gasteiger partial charge < -0.3 is 5.11 Å². The van der Waals surface area contributed by atoms with Crippen molar-refractivity contribution in [2.45, 2.75) is 32.3 Å². The standard InChI is InChI=1S/C17H18Cl2O/c1-2-5-12-6-3-7-13(10-12)17(20)11-14-15(18)8-4-9-16(14)19/h3-4,6-10,17,20H,2,5,11H2,1H3. The highest BCUT2D eigenvalue weighted by molar-refractivity contribution is 6.35. The van der Waals surface area contributed by atoms with E-state index >= 15 is 0 Å². The number of aryl methyl sites for hydroxylation is 1. The van der Waals surface area contributed by atoms with Crippen molar-refractivity contribution in [2.75, 3.05) is 0 Å². The third-order valence-electron chi connectivity index (χ3n) is 3.33. The van der Waals surface area contributed by atoms with Crippen molar-refractivity contribution in [3.63, 3.8) is 0 Å². The van der Waals surface area contributed by atoms with Crippen LogP contribution in [-0.2, 0) is 12.8 Å². The van der Waals surface area contributed by atoms with E-state index in [1.807, 2.05) is 18.2 Å². The van der Waals surface area contributed by atoms with Gasteiger partial charge in [-0.25, -0.2) is 0 Å². The molecule has 0 saturated heterocycles. The summed E-state index contributed by atoms with van der Waals surface area (Å²) in [5, 5.41) is 11.6. The smallest absolute Gasteiger partial charge is 0.0831 e. The first-order valence-electron chi connectivity index (χ1n) is 6.81. The lowest BCUT2D eigenvalue weighted by atomic mass is 9.98. The van der Waals surface area contributed by atoms with Gasteiger partial charge in [-0.15, -0.1) is 0 Å². The Hall–Kier alpha value is -1.02. The maximum absolute atomic E-state index is 10.4. The molecule has 106 valence electrons. The average Bonchev–Trinajstić information content (AvgIpc) is 2.43. The van der Waals surface area contributed by atoms with Crippen molar-refractivity contribution < 1.29 is 5.11 Å². The number of hydrogen-bond acceptors (Lipinski definition) is 1. The molecule has 20 heavy (non-hydrogen) atoms. The molecule has 0 aliphatic carbocycles. The maximum atomic E-state index is 10.4. The largest absolute Gasteiger partial charge is 0.388 e. The highest BCUT2D eigenvalue weighted by Gasteiger charge is 2.13. The molecule has 0 saturated carbocycles. The highest BCUT2D eigenvalue weighted by atomic mass is 35.5. The molecule has 0 aliphatic rings. The zero-order chi connectivity index (χ0) is 14.5. The van der Waals surface area contributed by atoms with E-state index in [2.05, 4.69) is 19.1 Å². The first-order chi connectivity index (χ1) is 9.61. The first-order valence-corrected chi connectivity index (χ1v) is 7.57. The van der Waals surface area contributed by atoms with Gasteiger partial charge in [0.15, 0.2) is 0 Å². The Bertz CT molecular complexity index is 561. The minimum Gasteiger partial charge on any atom is -0.388 e. The second kappa shape index (κ2) is 7.12. The van der Waals surface area contributed by atoms with E-state index in [-0.39, 0.29) is 0 Å². The molecule has 0 fully saturated rings. The van der Waals surface area contributed by atoms with E-state index in [1.54, 1.807) is 12.1 Å². The molecule has 0 radical (unpaired) electrons. The Morgan fingerprint density at radius 1 is 1.05 bits per heavy atom. The molecule has 1 N–H and O–H groups in total. The van der Waals surface area contributed by atoms with E-state index < -0.39 is 6.10 Å².